The molecule has 0 aliphatic heterocycles. The molecule has 6 heteroatoms. The summed E-state index contributed by atoms with van der Waals surface area (Å²) in [5.41, 5.74) is -0.779. The first-order chi connectivity index (χ1) is 9.16. The van der Waals surface area contributed by atoms with Crippen LogP contribution in [0.5, 0.6) is 0 Å². The van der Waals surface area contributed by atoms with E-state index in [4.69, 9.17) is 4.42 Å². The van der Waals surface area contributed by atoms with E-state index in [1.807, 2.05) is 6.92 Å². The number of oxazole rings is 1. The van der Waals surface area contributed by atoms with Gasteiger partial charge in [0.15, 0.2) is 0 Å². The summed E-state index contributed by atoms with van der Waals surface area (Å²) in [5.74, 6) is -0.737. The Kier molecular flexibility index (Phi) is 4.87. The molecule has 106 valence electrons. The van der Waals surface area contributed by atoms with Gasteiger partial charge in [0, 0.05) is 5.25 Å². The van der Waals surface area contributed by atoms with E-state index in [1.54, 1.807) is 24.2 Å². The van der Waals surface area contributed by atoms with Gasteiger partial charge in [-0.2, -0.15) is 0 Å². The Hall–Kier alpha value is -1.01. The van der Waals surface area contributed by atoms with Crippen LogP contribution in [-0.2, 0) is 4.79 Å². The molecular formula is C13H20N2O3S. The predicted octanol–water partition coefficient (Wildman–Crippen LogP) is 2.53. The van der Waals surface area contributed by atoms with E-state index in [-0.39, 0.29) is 5.25 Å². The standard InChI is InChI=1S/C13H20N2O3S/c1-2-6-15-13(11(16)17)5-3-4-10(9-13)19-12-14-7-8-18-12/h7-8,10,15H,2-6,9H2,1H3,(H,16,17). The average Bonchev–Trinajstić information content (AvgIpc) is 2.89. The van der Waals surface area contributed by atoms with Gasteiger partial charge in [0.1, 0.15) is 11.8 Å². The minimum atomic E-state index is -0.779. The molecule has 0 amide bonds. The molecule has 1 saturated carbocycles. The molecule has 1 aromatic rings. The average molecular weight is 284 g/mol. The molecule has 1 aliphatic carbocycles. The highest BCUT2D eigenvalue weighted by Crippen LogP contribution is 2.38. The Bertz CT molecular complexity index is 410. The fourth-order valence-corrected chi connectivity index (χ4v) is 3.70. The molecular weight excluding hydrogens is 264 g/mol. The number of aliphatic carboxylic acids is 1. The lowest BCUT2D eigenvalue weighted by Crippen LogP contribution is -2.55. The summed E-state index contributed by atoms with van der Waals surface area (Å²) in [4.78, 5) is 15.7. The first-order valence-corrected chi connectivity index (χ1v) is 7.59. The summed E-state index contributed by atoms with van der Waals surface area (Å²) >= 11 is 1.54. The molecule has 2 rings (SSSR count). The number of thioether (sulfide) groups is 1. The van der Waals surface area contributed by atoms with Gasteiger partial charge in [-0.15, -0.1) is 0 Å². The second-order valence-corrected chi connectivity index (χ2v) is 6.20. The molecule has 2 unspecified atom stereocenters. The van der Waals surface area contributed by atoms with Crippen LogP contribution in [0.1, 0.15) is 39.0 Å². The van der Waals surface area contributed by atoms with Crippen molar-refractivity contribution in [2.24, 2.45) is 0 Å². The first kappa shape index (κ1) is 14.4. The number of carboxylic acids is 1. The topological polar surface area (TPSA) is 75.4 Å². The van der Waals surface area contributed by atoms with Crippen molar-refractivity contribution in [2.75, 3.05) is 6.54 Å². The summed E-state index contributed by atoms with van der Waals surface area (Å²) < 4.78 is 5.23. The van der Waals surface area contributed by atoms with Crippen LogP contribution in [0.4, 0.5) is 0 Å². The number of rotatable bonds is 6. The zero-order valence-electron chi connectivity index (χ0n) is 11.1. The van der Waals surface area contributed by atoms with Crippen molar-refractivity contribution in [1.82, 2.24) is 10.3 Å². The summed E-state index contributed by atoms with van der Waals surface area (Å²) in [7, 11) is 0. The van der Waals surface area contributed by atoms with Crippen LogP contribution in [-0.4, -0.2) is 33.4 Å². The third kappa shape index (κ3) is 3.51. The Labute approximate surface area is 117 Å². The van der Waals surface area contributed by atoms with Crippen molar-refractivity contribution in [2.45, 2.75) is 55.0 Å². The largest absolute Gasteiger partial charge is 0.480 e. The Morgan fingerprint density at radius 2 is 2.58 bits per heavy atom. The first-order valence-electron chi connectivity index (χ1n) is 6.71. The van der Waals surface area contributed by atoms with E-state index in [0.29, 0.717) is 18.1 Å². The fourth-order valence-electron chi connectivity index (χ4n) is 2.53. The lowest BCUT2D eigenvalue weighted by molar-refractivity contribution is -0.146. The van der Waals surface area contributed by atoms with E-state index >= 15 is 0 Å². The minimum absolute atomic E-state index is 0.243. The summed E-state index contributed by atoms with van der Waals surface area (Å²) in [6.07, 6.45) is 7.35. The van der Waals surface area contributed by atoms with Crippen LogP contribution < -0.4 is 5.32 Å². The van der Waals surface area contributed by atoms with Gasteiger partial charge in [-0.1, -0.05) is 18.7 Å². The summed E-state index contributed by atoms with van der Waals surface area (Å²) in [6.45, 7) is 2.78. The van der Waals surface area contributed by atoms with Crippen LogP contribution >= 0.6 is 11.8 Å². The molecule has 2 N–H and O–H groups in total. The van der Waals surface area contributed by atoms with Crippen molar-refractivity contribution < 1.29 is 14.3 Å². The van der Waals surface area contributed by atoms with E-state index < -0.39 is 11.5 Å². The lowest BCUT2D eigenvalue weighted by Gasteiger charge is -2.37. The van der Waals surface area contributed by atoms with E-state index in [9.17, 15) is 9.90 Å². The molecule has 0 aromatic carbocycles. The molecule has 2 atom stereocenters. The normalized spacial score (nSPS) is 27.3. The lowest BCUT2D eigenvalue weighted by atomic mass is 9.81. The molecule has 0 spiro atoms. The number of aromatic nitrogens is 1. The van der Waals surface area contributed by atoms with Crippen molar-refractivity contribution in [1.29, 1.82) is 0 Å². The maximum Gasteiger partial charge on any atom is 0.323 e. The quantitative estimate of drug-likeness (QED) is 0.836. The number of hydrogen-bond acceptors (Lipinski definition) is 5. The summed E-state index contributed by atoms with van der Waals surface area (Å²) in [6, 6.07) is 0. The Morgan fingerprint density at radius 3 is 3.21 bits per heavy atom. The number of carbonyl (C=O) groups is 1. The van der Waals surface area contributed by atoms with Crippen molar-refractivity contribution >= 4 is 17.7 Å². The number of hydrogen-bond donors (Lipinski definition) is 2. The molecule has 0 radical (unpaired) electrons. The second-order valence-electron chi connectivity index (χ2n) is 4.95. The third-order valence-corrected chi connectivity index (χ3v) is 4.64. The van der Waals surface area contributed by atoms with Crippen LogP contribution in [0.25, 0.3) is 0 Å². The van der Waals surface area contributed by atoms with E-state index in [1.165, 1.54) is 0 Å². The molecule has 1 aliphatic rings. The fraction of sp³-hybridized carbons (Fsp3) is 0.692. The van der Waals surface area contributed by atoms with Gasteiger partial charge in [0.25, 0.3) is 5.22 Å². The van der Waals surface area contributed by atoms with Crippen LogP contribution in [0.3, 0.4) is 0 Å². The van der Waals surface area contributed by atoms with Crippen molar-refractivity contribution in [3.63, 3.8) is 0 Å². The van der Waals surface area contributed by atoms with Crippen molar-refractivity contribution in [3.05, 3.63) is 12.5 Å². The van der Waals surface area contributed by atoms with Crippen LogP contribution in [0, 0.1) is 0 Å². The molecule has 0 bridgehead atoms. The van der Waals surface area contributed by atoms with Gasteiger partial charge in [-0.05, 0) is 38.6 Å². The second kappa shape index (κ2) is 6.43. The van der Waals surface area contributed by atoms with Crippen molar-refractivity contribution in [3.8, 4) is 0 Å². The number of nitrogens with zero attached hydrogens (tertiary/aromatic N) is 1. The summed E-state index contributed by atoms with van der Waals surface area (Å²) in [5, 5.41) is 13.6. The highest BCUT2D eigenvalue weighted by atomic mass is 32.2. The molecule has 19 heavy (non-hydrogen) atoms. The van der Waals surface area contributed by atoms with E-state index in [0.717, 1.165) is 25.8 Å². The van der Waals surface area contributed by atoms with Crippen LogP contribution in [0.2, 0.25) is 0 Å². The SMILES string of the molecule is CCCNC1(C(=O)O)CCCC(Sc2ncco2)C1. The Balaban J connectivity index is 2.02. The molecule has 1 fully saturated rings. The minimum Gasteiger partial charge on any atom is -0.480 e. The van der Waals surface area contributed by atoms with Gasteiger partial charge < -0.3 is 14.8 Å². The monoisotopic (exact) mass is 284 g/mol. The maximum atomic E-state index is 11.6. The number of carboxylic acid groups (broad SMARTS) is 1. The van der Waals surface area contributed by atoms with Gasteiger partial charge in [0.05, 0.1) is 6.20 Å². The van der Waals surface area contributed by atoms with E-state index in [2.05, 4.69) is 10.3 Å². The molecule has 1 aromatic heterocycles. The highest BCUT2D eigenvalue weighted by molar-refractivity contribution is 7.99. The highest BCUT2D eigenvalue weighted by Gasteiger charge is 2.42. The Morgan fingerprint density at radius 1 is 1.74 bits per heavy atom. The zero-order chi connectivity index (χ0) is 13.7. The molecule has 1 heterocycles. The number of nitrogens with one attached hydrogen (secondary N) is 1. The molecule has 5 nitrogen and oxygen atoms in total. The maximum absolute atomic E-state index is 11.6. The zero-order valence-corrected chi connectivity index (χ0v) is 11.9. The predicted molar refractivity (Wildman–Crippen MR) is 73.3 cm³/mol. The van der Waals surface area contributed by atoms with Crippen LogP contribution in [0.15, 0.2) is 22.1 Å². The van der Waals surface area contributed by atoms with Gasteiger partial charge in [-0.3, -0.25) is 4.79 Å². The van der Waals surface area contributed by atoms with Gasteiger partial charge >= 0.3 is 5.97 Å². The third-order valence-electron chi connectivity index (χ3n) is 3.51. The van der Waals surface area contributed by atoms with Gasteiger partial charge in [0.2, 0.25) is 0 Å². The van der Waals surface area contributed by atoms with Gasteiger partial charge in [-0.25, -0.2) is 4.98 Å². The smallest absolute Gasteiger partial charge is 0.323 e. The molecule has 0 saturated heterocycles.